The molecule has 17 heavy (non-hydrogen) atoms. The second-order valence-corrected chi connectivity index (χ2v) is 4.34. The van der Waals surface area contributed by atoms with Crippen LogP contribution >= 0.6 is 0 Å². The lowest BCUT2D eigenvalue weighted by atomic mass is 10.0. The first-order valence-corrected chi connectivity index (χ1v) is 6.46. The van der Waals surface area contributed by atoms with E-state index in [1.54, 1.807) is 0 Å². The Bertz CT molecular complexity index is 298. The number of hydrogen-bond donors (Lipinski definition) is 2. The van der Waals surface area contributed by atoms with Crippen molar-refractivity contribution < 1.29 is 4.39 Å². The number of nitrogens with one attached hydrogen (secondary N) is 1. The molecule has 0 saturated carbocycles. The zero-order valence-electron chi connectivity index (χ0n) is 10.6. The second-order valence-electron chi connectivity index (χ2n) is 4.34. The largest absolute Gasteiger partial charge is 0.330 e. The first-order chi connectivity index (χ1) is 8.27. The molecule has 96 valence electrons. The molecule has 1 rings (SSSR count). The van der Waals surface area contributed by atoms with Crippen LogP contribution in [0.25, 0.3) is 0 Å². The number of rotatable bonds is 8. The van der Waals surface area contributed by atoms with Gasteiger partial charge in [-0.2, -0.15) is 0 Å². The molecule has 1 unspecified atom stereocenters. The van der Waals surface area contributed by atoms with E-state index in [1.165, 1.54) is 25.0 Å². The van der Waals surface area contributed by atoms with Gasteiger partial charge >= 0.3 is 0 Å². The summed E-state index contributed by atoms with van der Waals surface area (Å²) < 4.78 is 12.9. The van der Waals surface area contributed by atoms with E-state index in [0.29, 0.717) is 12.6 Å². The van der Waals surface area contributed by atoms with Crippen LogP contribution in [-0.4, -0.2) is 13.1 Å². The third-order valence-corrected chi connectivity index (χ3v) is 2.89. The standard InChI is InChI=1S/C14H23FN2/c1-2-3-5-14(17-11-4-10-16)12-6-8-13(15)9-7-12/h6-9,14,17H,2-5,10-11,16H2,1H3. The summed E-state index contributed by atoms with van der Waals surface area (Å²) in [7, 11) is 0. The normalized spacial score (nSPS) is 12.6. The smallest absolute Gasteiger partial charge is 0.123 e. The van der Waals surface area contributed by atoms with Gasteiger partial charge < -0.3 is 11.1 Å². The van der Waals surface area contributed by atoms with Crippen LogP contribution in [0, 0.1) is 5.82 Å². The Morgan fingerprint density at radius 1 is 1.24 bits per heavy atom. The first kappa shape index (κ1) is 14.1. The predicted molar refractivity (Wildman–Crippen MR) is 70.3 cm³/mol. The lowest BCUT2D eigenvalue weighted by Crippen LogP contribution is -2.24. The van der Waals surface area contributed by atoms with Gasteiger partial charge in [-0.3, -0.25) is 0 Å². The summed E-state index contributed by atoms with van der Waals surface area (Å²) in [4.78, 5) is 0. The summed E-state index contributed by atoms with van der Waals surface area (Å²) in [6.07, 6.45) is 4.42. The van der Waals surface area contributed by atoms with Crippen molar-refractivity contribution in [1.82, 2.24) is 5.32 Å². The van der Waals surface area contributed by atoms with Crippen LogP contribution in [0.15, 0.2) is 24.3 Å². The molecule has 0 aliphatic rings. The van der Waals surface area contributed by atoms with Crippen LogP contribution in [0.3, 0.4) is 0 Å². The molecule has 0 bridgehead atoms. The topological polar surface area (TPSA) is 38.0 Å². The van der Waals surface area contributed by atoms with E-state index in [-0.39, 0.29) is 5.82 Å². The maximum Gasteiger partial charge on any atom is 0.123 e. The van der Waals surface area contributed by atoms with Crippen molar-refractivity contribution in [3.63, 3.8) is 0 Å². The highest BCUT2D eigenvalue weighted by Gasteiger charge is 2.09. The minimum absolute atomic E-state index is 0.176. The molecule has 1 atom stereocenters. The maximum atomic E-state index is 12.9. The fourth-order valence-corrected chi connectivity index (χ4v) is 1.87. The van der Waals surface area contributed by atoms with Crippen LogP contribution in [0.4, 0.5) is 4.39 Å². The second kappa shape index (κ2) is 8.20. The van der Waals surface area contributed by atoms with E-state index in [1.807, 2.05) is 12.1 Å². The van der Waals surface area contributed by atoms with Crippen molar-refractivity contribution in [2.75, 3.05) is 13.1 Å². The van der Waals surface area contributed by atoms with E-state index in [4.69, 9.17) is 5.73 Å². The van der Waals surface area contributed by atoms with Crippen molar-refractivity contribution in [2.24, 2.45) is 5.73 Å². The molecule has 1 aromatic rings. The third-order valence-electron chi connectivity index (χ3n) is 2.89. The Morgan fingerprint density at radius 2 is 1.94 bits per heavy atom. The van der Waals surface area contributed by atoms with E-state index < -0.39 is 0 Å². The molecule has 1 aromatic carbocycles. The molecule has 0 heterocycles. The third kappa shape index (κ3) is 5.29. The van der Waals surface area contributed by atoms with Crippen LogP contribution in [0.5, 0.6) is 0 Å². The average Bonchev–Trinajstić information content (AvgIpc) is 2.35. The van der Waals surface area contributed by atoms with E-state index >= 15 is 0 Å². The molecule has 0 aliphatic heterocycles. The Hall–Kier alpha value is -0.930. The lowest BCUT2D eigenvalue weighted by Gasteiger charge is -2.19. The number of unbranched alkanes of at least 4 members (excludes halogenated alkanes) is 1. The summed E-state index contributed by atoms with van der Waals surface area (Å²) in [5.74, 6) is -0.176. The summed E-state index contributed by atoms with van der Waals surface area (Å²) >= 11 is 0. The Kier molecular flexibility index (Phi) is 6.82. The maximum absolute atomic E-state index is 12.9. The SMILES string of the molecule is CCCCC(NCCCN)c1ccc(F)cc1. The number of halogens is 1. The average molecular weight is 238 g/mol. The van der Waals surface area contributed by atoms with Gasteiger partial charge in [0.25, 0.3) is 0 Å². The zero-order valence-corrected chi connectivity index (χ0v) is 10.6. The number of hydrogen-bond acceptors (Lipinski definition) is 2. The van der Waals surface area contributed by atoms with Crippen molar-refractivity contribution in [2.45, 2.75) is 38.6 Å². The Morgan fingerprint density at radius 3 is 2.53 bits per heavy atom. The van der Waals surface area contributed by atoms with Gasteiger partial charge in [0.2, 0.25) is 0 Å². The van der Waals surface area contributed by atoms with E-state index in [2.05, 4.69) is 12.2 Å². The summed E-state index contributed by atoms with van der Waals surface area (Å²) in [6.45, 7) is 3.81. The van der Waals surface area contributed by atoms with Gasteiger partial charge in [-0.25, -0.2) is 4.39 Å². The highest BCUT2D eigenvalue weighted by atomic mass is 19.1. The minimum atomic E-state index is -0.176. The quantitative estimate of drug-likeness (QED) is 0.683. The monoisotopic (exact) mass is 238 g/mol. The minimum Gasteiger partial charge on any atom is -0.330 e. The summed E-state index contributed by atoms with van der Waals surface area (Å²) in [6, 6.07) is 7.11. The molecule has 0 fully saturated rings. The molecule has 0 aliphatic carbocycles. The zero-order chi connectivity index (χ0) is 12.5. The fourth-order valence-electron chi connectivity index (χ4n) is 1.87. The number of benzene rings is 1. The van der Waals surface area contributed by atoms with Crippen molar-refractivity contribution in [3.8, 4) is 0 Å². The molecular formula is C14H23FN2. The van der Waals surface area contributed by atoms with Gasteiger partial charge in [-0.1, -0.05) is 31.9 Å². The van der Waals surface area contributed by atoms with Crippen LogP contribution in [-0.2, 0) is 0 Å². The van der Waals surface area contributed by atoms with Crippen LogP contribution < -0.4 is 11.1 Å². The Balaban J connectivity index is 2.57. The molecule has 0 amide bonds. The van der Waals surface area contributed by atoms with E-state index in [0.717, 1.165) is 24.9 Å². The molecule has 3 heteroatoms. The lowest BCUT2D eigenvalue weighted by molar-refractivity contribution is 0.477. The van der Waals surface area contributed by atoms with Crippen LogP contribution in [0.2, 0.25) is 0 Å². The molecule has 2 nitrogen and oxygen atoms in total. The predicted octanol–water partition coefficient (Wildman–Crippen LogP) is 3.00. The molecule has 3 N–H and O–H groups in total. The Labute approximate surface area is 103 Å². The van der Waals surface area contributed by atoms with E-state index in [9.17, 15) is 4.39 Å². The fraction of sp³-hybridized carbons (Fsp3) is 0.571. The van der Waals surface area contributed by atoms with Crippen molar-refractivity contribution >= 4 is 0 Å². The molecular weight excluding hydrogens is 215 g/mol. The molecule has 0 spiro atoms. The highest BCUT2D eigenvalue weighted by Crippen LogP contribution is 2.19. The number of nitrogens with two attached hydrogens (primary N) is 1. The van der Waals surface area contributed by atoms with Crippen molar-refractivity contribution in [3.05, 3.63) is 35.6 Å². The van der Waals surface area contributed by atoms with Crippen molar-refractivity contribution in [1.29, 1.82) is 0 Å². The van der Waals surface area contributed by atoms with Gasteiger partial charge in [0, 0.05) is 6.04 Å². The van der Waals surface area contributed by atoms with Gasteiger partial charge in [-0.15, -0.1) is 0 Å². The highest BCUT2D eigenvalue weighted by molar-refractivity contribution is 5.19. The van der Waals surface area contributed by atoms with Gasteiger partial charge in [-0.05, 0) is 43.6 Å². The summed E-state index contributed by atoms with van der Waals surface area (Å²) in [5, 5.41) is 3.49. The van der Waals surface area contributed by atoms with Gasteiger partial charge in [0.05, 0.1) is 0 Å². The molecule has 0 aromatic heterocycles. The first-order valence-electron chi connectivity index (χ1n) is 6.46. The summed E-state index contributed by atoms with van der Waals surface area (Å²) in [5.41, 5.74) is 6.65. The molecule has 0 radical (unpaired) electrons. The molecule has 0 saturated heterocycles. The van der Waals surface area contributed by atoms with Gasteiger partial charge in [0.15, 0.2) is 0 Å². The van der Waals surface area contributed by atoms with Gasteiger partial charge in [0.1, 0.15) is 5.82 Å². The van der Waals surface area contributed by atoms with Crippen LogP contribution in [0.1, 0.15) is 44.2 Å².